The first-order valence-corrected chi connectivity index (χ1v) is 7.78. The van der Waals surface area contributed by atoms with Gasteiger partial charge in [0.15, 0.2) is 0 Å². The maximum atomic E-state index is 12.4. The summed E-state index contributed by atoms with van der Waals surface area (Å²) in [6, 6.07) is -0.454. The topological polar surface area (TPSA) is 66.6 Å². The largest absolute Gasteiger partial charge is 0.351 e. The van der Waals surface area contributed by atoms with Crippen molar-refractivity contribution in [2.75, 3.05) is 26.2 Å². The average molecular weight is 307 g/mol. The van der Waals surface area contributed by atoms with E-state index >= 15 is 0 Å². The molecule has 0 atom stereocenters. The summed E-state index contributed by atoms with van der Waals surface area (Å²) >= 11 is 0. The highest BCUT2D eigenvalue weighted by molar-refractivity contribution is 5.88. The maximum absolute atomic E-state index is 12.4. The molecule has 3 amide bonds. The molecule has 5 heteroatoms. The van der Waals surface area contributed by atoms with E-state index in [2.05, 4.69) is 13.8 Å². The Balaban J connectivity index is 2.09. The number of nitrogens with two attached hydrogens (primary N) is 1. The highest BCUT2D eigenvalue weighted by atomic mass is 16.2. The number of piperazine rings is 1. The summed E-state index contributed by atoms with van der Waals surface area (Å²) in [6.07, 6.45) is 3.25. The van der Waals surface area contributed by atoms with Crippen molar-refractivity contribution in [2.45, 2.75) is 40.0 Å². The summed E-state index contributed by atoms with van der Waals surface area (Å²) < 4.78 is 16.2. The Kier molecular flexibility index (Phi) is 4.12. The van der Waals surface area contributed by atoms with Crippen LogP contribution in [0.1, 0.15) is 42.7 Å². The van der Waals surface area contributed by atoms with Crippen molar-refractivity contribution in [1.29, 1.82) is 0 Å². The number of urea groups is 1. The number of carbonyl (C=O) groups is 2. The van der Waals surface area contributed by atoms with Gasteiger partial charge in [0.05, 0.1) is 0 Å². The van der Waals surface area contributed by atoms with E-state index in [4.69, 9.17) is 8.48 Å². The Morgan fingerprint density at radius 1 is 1.23 bits per heavy atom. The van der Waals surface area contributed by atoms with Crippen molar-refractivity contribution >= 4 is 11.9 Å². The van der Waals surface area contributed by atoms with Crippen LogP contribution in [0.25, 0.3) is 0 Å². The van der Waals surface area contributed by atoms with Crippen molar-refractivity contribution in [1.82, 2.24) is 9.80 Å². The highest BCUT2D eigenvalue weighted by Crippen LogP contribution is 2.40. The molecule has 1 aliphatic heterocycles. The molecule has 122 valence electrons. The molecule has 1 heterocycles. The second-order valence-corrected chi connectivity index (χ2v) is 6.58. The van der Waals surface area contributed by atoms with Gasteiger partial charge in [0.1, 0.15) is 0 Å². The molecule has 2 N–H and O–H groups in total. The van der Waals surface area contributed by atoms with Crippen molar-refractivity contribution in [3.8, 4) is 0 Å². The van der Waals surface area contributed by atoms with Gasteiger partial charge >= 0.3 is 6.03 Å². The van der Waals surface area contributed by atoms with E-state index in [-0.39, 0.29) is 11.3 Å². The second-order valence-electron chi connectivity index (χ2n) is 6.58. The van der Waals surface area contributed by atoms with Gasteiger partial charge in [-0.3, -0.25) is 4.79 Å². The third-order valence-electron chi connectivity index (χ3n) is 4.57. The van der Waals surface area contributed by atoms with E-state index in [1.165, 1.54) is 11.0 Å². The predicted molar refractivity (Wildman–Crippen MR) is 87.2 cm³/mol. The average Bonchev–Trinajstić information content (AvgIpc) is 2.51. The fourth-order valence-corrected chi connectivity index (χ4v) is 3.06. The van der Waals surface area contributed by atoms with E-state index in [0.29, 0.717) is 38.2 Å². The molecule has 0 saturated carbocycles. The molecule has 5 nitrogen and oxygen atoms in total. The molecular weight excluding hydrogens is 278 g/mol. The summed E-state index contributed by atoms with van der Waals surface area (Å²) in [7, 11) is 0. The first-order chi connectivity index (χ1) is 11.0. The van der Waals surface area contributed by atoms with Gasteiger partial charge in [0, 0.05) is 35.0 Å². The summed E-state index contributed by atoms with van der Waals surface area (Å²) in [4.78, 5) is 26.7. The zero-order chi connectivity index (χ0) is 18.1. The van der Waals surface area contributed by atoms with E-state index in [1.54, 1.807) is 11.0 Å². The zero-order valence-corrected chi connectivity index (χ0v) is 13.7. The highest BCUT2D eigenvalue weighted by Gasteiger charge is 2.27. The van der Waals surface area contributed by atoms with Gasteiger partial charge in [-0.2, -0.15) is 0 Å². The lowest BCUT2D eigenvalue weighted by Gasteiger charge is -2.34. The van der Waals surface area contributed by atoms with Gasteiger partial charge in [-0.1, -0.05) is 25.5 Å². The summed E-state index contributed by atoms with van der Waals surface area (Å²) in [5.41, 5.74) is 6.72. The molecule has 0 aromatic carbocycles. The lowest BCUT2D eigenvalue weighted by atomic mass is 9.72. The summed E-state index contributed by atoms with van der Waals surface area (Å²) in [6.45, 7) is 7.82. The van der Waals surface area contributed by atoms with Crippen molar-refractivity contribution < 1.29 is 12.3 Å². The Bertz CT molecular complexity index is 589. The molecule has 0 spiro atoms. The molecule has 2 aliphatic rings. The number of allylic oxidation sites excluding steroid dienone is 3. The fraction of sp³-hybridized carbons (Fsp3) is 0.647. The molecule has 0 bridgehead atoms. The minimum absolute atomic E-state index is 0.110. The standard InChI is InChI=1S/C17H27N3O2/c1-13-5-4-8-17(2,3)14(13)6-7-15(21)19-9-11-20(12-10-19)16(18)22/h6-7H,4-5,8-12H2,1-3H3,(H2,18,22)/b7-6+/i5D2. The number of amides is 3. The number of hydrogen-bond acceptors (Lipinski definition) is 2. The van der Waals surface area contributed by atoms with Gasteiger partial charge < -0.3 is 15.5 Å². The van der Waals surface area contributed by atoms with E-state index in [0.717, 1.165) is 12.0 Å². The molecule has 0 unspecified atom stereocenters. The molecule has 1 fully saturated rings. The Hall–Kier alpha value is -1.78. The van der Waals surface area contributed by atoms with Crippen molar-refractivity contribution in [3.63, 3.8) is 0 Å². The number of rotatable bonds is 2. The third-order valence-corrected chi connectivity index (χ3v) is 4.57. The Morgan fingerprint density at radius 3 is 2.41 bits per heavy atom. The Labute approximate surface area is 135 Å². The molecule has 1 saturated heterocycles. The van der Waals surface area contributed by atoms with Gasteiger partial charge in [-0.25, -0.2) is 4.79 Å². The molecule has 0 aromatic heterocycles. The first kappa shape index (κ1) is 13.9. The molecule has 22 heavy (non-hydrogen) atoms. The minimum atomic E-state index is -1.31. The number of hydrogen-bond donors (Lipinski definition) is 1. The number of nitrogens with zero attached hydrogens (tertiary/aromatic N) is 2. The zero-order valence-electron chi connectivity index (χ0n) is 15.7. The smallest absolute Gasteiger partial charge is 0.314 e. The minimum Gasteiger partial charge on any atom is -0.351 e. The van der Waals surface area contributed by atoms with Crippen LogP contribution in [0.2, 0.25) is 0 Å². The number of primary amides is 1. The molecule has 0 aromatic rings. The van der Waals surface area contributed by atoms with Gasteiger partial charge in [0.25, 0.3) is 0 Å². The van der Waals surface area contributed by atoms with E-state index in [1.807, 2.05) is 6.92 Å². The fourth-order valence-electron chi connectivity index (χ4n) is 3.06. The van der Waals surface area contributed by atoms with Crippen LogP contribution in [0.15, 0.2) is 23.3 Å². The summed E-state index contributed by atoms with van der Waals surface area (Å²) in [5.74, 6) is -0.110. The predicted octanol–water partition coefficient (Wildman–Crippen LogP) is 2.29. The van der Waals surface area contributed by atoms with E-state index < -0.39 is 12.4 Å². The quantitative estimate of drug-likeness (QED) is 0.795. The lowest BCUT2D eigenvalue weighted by molar-refractivity contribution is -0.127. The Morgan fingerprint density at radius 2 is 1.82 bits per heavy atom. The van der Waals surface area contributed by atoms with Crippen LogP contribution < -0.4 is 5.73 Å². The third kappa shape index (κ3) is 3.70. The number of carbonyl (C=O) groups excluding carboxylic acids is 2. The van der Waals surface area contributed by atoms with Crippen LogP contribution in [-0.2, 0) is 4.79 Å². The van der Waals surface area contributed by atoms with Gasteiger partial charge in [-0.15, -0.1) is 0 Å². The van der Waals surface area contributed by atoms with Crippen LogP contribution in [0.5, 0.6) is 0 Å². The van der Waals surface area contributed by atoms with Crippen LogP contribution in [0.4, 0.5) is 4.79 Å². The second kappa shape index (κ2) is 6.55. The lowest BCUT2D eigenvalue weighted by Crippen LogP contribution is -2.51. The summed E-state index contributed by atoms with van der Waals surface area (Å²) in [5, 5.41) is 0. The van der Waals surface area contributed by atoms with E-state index in [9.17, 15) is 9.59 Å². The molecular formula is C17H27N3O2. The van der Waals surface area contributed by atoms with Gasteiger partial charge in [0.2, 0.25) is 5.91 Å². The van der Waals surface area contributed by atoms with Gasteiger partial charge in [-0.05, 0) is 37.1 Å². The SMILES string of the molecule is [2H]C1([2H])CCC(C)(C)C(/C=C/C(=O)N2CCN(C(N)=O)CC2)=C1C. The van der Waals surface area contributed by atoms with Crippen molar-refractivity contribution in [3.05, 3.63) is 23.3 Å². The molecule has 1 aliphatic carbocycles. The van der Waals surface area contributed by atoms with Crippen LogP contribution >= 0.6 is 0 Å². The monoisotopic (exact) mass is 307 g/mol. The normalized spacial score (nSPS) is 26.0. The van der Waals surface area contributed by atoms with Crippen LogP contribution in [-0.4, -0.2) is 47.9 Å². The molecule has 2 rings (SSSR count). The first-order valence-electron chi connectivity index (χ1n) is 8.78. The van der Waals surface area contributed by atoms with Crippen LogP contribution in [0, 0.1) is 5.41 Å². The van der Waals surface area contributed by atoms with Crippen molar-refractivity contribution in [2.24, 2.45) is 11.1 Å². The maximum Gasteiger partial charge on any atom is 0.314 e. The van der Waals surface area contributed by atoms with Crippen LogP contribution in [0.3, 0.4) is 0 Å². The molecule has 0 radical (unpaired) electrons.